The van der Waals surface area contributed by atoms with E-state index in [0.717, 1.165) is 25.7 Å². The number of carbonyl (C=O) groups excluding carboxylic acids is 2. The molecule has 7 nitrogen and oxygen atoms in total. The van der Waals surface area contributed by atoms with Crippen molar-refractivity contribution in [1.82, 2.24) is 14.8 Å². The fourth-order valence-corrected chi connectivity index (χ4v) is 5.23. The summed E-state index contributed by atoms with van der Waals surface area (Å²) in [6.45, 7) is 2.27. The summed E-state index contributed by atoms with van der Waals surface area (Å²) < 4.78 is 58.1. The molecular formula is C28H34F4N4O3. The molecule has 0 spiro atoms. The zero-order valence-electron chi connectivity index (χ0n) is 21.8. The molecule has 0 aliphatic carbocycles. The van der Waals surface area contributed by atoms with Crippen molar-refractivity contribution in [2.75, 3.05) is 32.8 Å². The maximum Gasteiger partial charge on any atom is 0.390 e. The first kappa shape index (κ1) is 28.8. The molecule has 2 amide bonds. The second-order valence-corrected chi connectivity index (χ2v) is 10.3. The van der Waals surface area contributed by atoms with Crippen LogP contribution in [0.25, 0.3) is 11.3 Å². The van der Waals surface area contributed by atoms with Gasteiger partial charge in [-0.2, -0.15) is 13.2 Å². The number of carbonyl (C=O) groups is 2. The zero-order valence-corrected chi connectivity index (χ0v) is 21.8. The number of pyridine rings is 1. The van der Waals surface area contributed by atoms with E-state index in [9.17, 15) is 22.8 Å². The number of benzene rings is 1. The van der Waals surface area contributed by atoms with Gasteiger partial charge in [0.05, 0.1) is 24.9 Å². The Bertz CT molecular complexity index is 1130. The second-order valence-electron chi connectivity index (χ2n) is 10.3. The van der Waals surface area contributed by atoms with Gasteiger partial charge in [-0.05, 0) is 81.4 Å². The number of rotatable bonds is 10. The highest BCUT2D eigenvalue weighted by Gasteiger charge is 2.30. The van der Waals surface area contributed by atoms with Crippen LogP contribution in [0.15, 0.2) is 36.5 Å². The molecule has 0 radical (unpaired) electrons. The predicted molar refractivity (Wildman–Crippen MR) is 137 cm³/mol. The van der Waals surface area contributed by atoms with Crippen molar-refractivity contribution in [3.63, 3.8) is 0 Å². The third-order valence-electron chi connectivity index (χ3n) is 7.49. The van der Waals surface area contributed by atoms with E-state index in [2.05, 4.69) is 4.98 Å². The molecule has 2 aliphatic heterocycles. The summed E-state index contributed by atoms with van der Waals surface area (Å²) in [4.78, 5) is 32.0. The Hall–Kier alpha value is -3.21. The Kier molecular flexibility index (Phi) is 9.42. The zero-order chi connectivity index (χ0) is 28.0. The highest BCUT2D eigenvalue weighted by Crippen LogP contribution is 2.28. The lowest BCUT2D eigenvalue weighted by Gasteiger charge is -2.31. The van der Waals surface area contributed by atoms with Crippen LogP contribution in [0.4, 0.5) is 17.6 Å². The van der Waals surface area contributed by atoms with Crippen LogP contribution in [-0.4, -0.2) is 71.6 Å². The quantitative estimate of drug-likeness (QED) is 0.430. The molecule has 2 aliphatic rings. The summed E-state index contributed by atoms with van der Waals surface area (Å²) in [6.07, 6.45) is 0.453. The highest BCUT2D eigenvalue weighted by molar-refractivity contribution is 5.95. The van der Waals surface area contributed by atoms with Crippen LogP contribution < -0.4 is 10.5 Å². The molecule has 2 N–H and O–H groups in total. The molecule has 0 saturated carbocycles. The van der Waals surface area contributed by atoms with Crippen molar-refractivity contribution in [2.45, 2.75) is 57.2 Å². The van der Waals surface area contributed by atoms with E-state index in [4.69, 9.17) is 10.5 Å². The standard InChI is InChI=1S/C28H34F4N4O3/c29-24-16-20(27(38)36-12-1-2-21(36)4-8-26(33)37)3-6-23(24)25-7-5-22(17-34-25)39-18-19-9-13-35(14-10-19)15-11-28(30,31)32/h3,5-7,16-17,19,21H,1-2,4,8-15,18H2,(H2,33,37)/t21-/m1/s1. The highest BCUT2D eigenvalue weighted by atomic mass is 19.4. The van der Waals surface area contributed by atoms with Crippen molar-refractivity contribution < 1.29 is 31.9 Å². The molecule has 0 unspecified atom stereocenters. The molecule has 3 heterocycles. The molecule has 39 heavy (non-hydrogen) atoms. The monoisotopic (exact) mass is 550 g/mol. The molecule has 2 aromatic rings. The van der Waals surface area contributed by atoms with Crippen LogP contribution in [0.2, 0.25) is 0 Å². The average Bonchev–Trinajstić information content (AvgIpc) is 3.38. The Morgan fingerprint density at radius 2 is 1.85 bits per heavy atom. The van der Waals surface area contributed by atoms with E-state index in [-0.39, 0.29) is 42.0 Å². The molecule has 4 rings (SSSR count). The molecule has 212 valence electrons. The molecule has 1 aromatic carbocycles. The number of piperidine rings is 1. The first-order chi connectivity index (χ1) is 18.6. The number of ether oxygens (including phenoxy) is 1. The van der Waals surface area contributed by atoms with Crippen LogP contribution in [0.5, 0.6) is 5.75 Å². The first-order valence-electron chi connectivity index (χ1n) is 13.4. The van der Waals surface area contributed by atoms with Gasteiger partial charge in [0, 0.05) is 36.7 Å². The van der Waals surface area contributed by atoms with Gasteiger partial charge >= 0.3 is 6.18 Å². The second kappa shape index (κ2) is 12.8. The summed E-state index contributed by atoms with van der Waals surface area (Å²) in [6, 6.07) is 7.60. The number of nitrogens with two attached hydrogens (primary N) is 1. The van der Waals surface area contributed by atoms with E-state index < -0.39 is 24.3 Å². The summed E-state index contributed by atoms with van der Waals surface area (Å²) >= 11 is 0. The maximum absolute atomic E-state index is 15.0. The van der Waals surface area contributed by atoms with Crippen molar-refractivity contribution in [3.05, 3.63) is 47.9 Å². The van der Waals surface area contributed by atoms with Gasteiger partial charge in [-0.1, -0.05) is 0 Å². The fourth-order valence-electron chi connectivity index (χ4n) is 5.23. The molecule has 0 bridgehead atoms. The van der Waals surface area contributed by atoms with E-state index in [1.807, 2.05) is 4.90 Å². The van der Waals surface area contributed by atoms with Gasteiger partial charge in [-0.15, -0.1) is 0 Å². The van der Waals surface area contributed by atoms with Crippen LogP contribution in [0.3, 0.4) is 0 Å². The summed E-state index contributed by atoms with van der Waals surface area (Å²) in [7, 11) is 0. The maximum atomic E-state index is 15.0. The van der Waals surface area contributed by atoms with Crippen LogP contribution in [-0.2, 0) is 4.79 Å². The lowest BCUT2D eigenvalue weighted by molar-refractivity contribution is -0.138. The number of aromatic nitrogens is 1. The van der Waals surface area contributed by atoms with Crippen LogP contribution in [0, 0.1) is 11.7 Å². The summed E-state index contributed by atoms with van der Waals surface area (Å²) in [5.41, 5.74) is 6.15. The van der Waals surface area contributed by atoms with Gasteiger partial charge in [-0.25, -0.2) is 4.39 Å². The third-order valence-corrected chi connectivity index (χ3v) is 7.49. The third kappa shape index (κ3) is 8.14. The average molecular weight is 551 g/mol. The normalized spacial score (nSPS) is 18.9. The number of halogens is 4. The Morgan fingerprint density at radius 1 is 1.08 bits per heavy atom. The SMILES string of the molecule is NC(=O)CC[C@H]1CCCN1C(=O)c1ccc(-c2ccc(OCC3CCN(CCC(F)(F)F)CC3)cn2)c(F)c1. The number of nitrogens with zero attached hydrogens (tertiary/aromatic N) is 3. The van der Waals surface area contributed by atoms with Crippen molar-refractivity contribution in [2.24, 2.45) is 11.7 Å². The number of alkyl halides is 3. The Balaban J connectivity index is 1.28. The van der Waals surface area contributed by atoms with E-state index >= 15 is 4.39 Å². The molecule has 11 heteroatoms. The molecule has 2 fully saturated rings. The van der Waals surface area contributed by atoms with Crippen LogP contribution >= 0.6 is 0 Å². The van der Waals surface area contributed by atoms with Gasteiger partial charge in [0.1, 0.15) is 11.6 Å². The number of primary amides is 1. The van der Waals surface area contributed by atoms with Gasteiger partial charge in [0.2, 0.25) is 5.91 Å². The number of amides is 2. The lowest BCUT2D eigenvalue weighted by atomic mass is 9.97. The van der Waals surface area contributed by atoms with Crippen molar-refractivity contribution in [3.8, 4) is 17.0 Å². The minimum Gasteiger partial charge on any atom is -0.492 e. The topological polar surface area (TPSA) is 88.8 Å². The smallest absolute Gasteiger partial charge is 0.390 e. The minimum atomic E-state index is -4.13. The predicted octanol–water partition coefficient (Wildman–Crippen LogP) is 4.80. The van der Waals surface area contributed by atoms with E-state index in [1.54, 1.807) is 23.1 Å². The molecule has 1 atom stereocenters. The molecule has 1 aromatic heterocycles. The number of hydrogen-bond acceptors (Lipinski definition) is 5. The Morgan fingerprint density at radius 3 is 2.49 bits per heavy atom. The van der Waals surface area contributed by atoms with Crippen LogP contribution in [0.1, 0.15) is 55.3 Å². The van der Waals surface area contributed by atoms with Gasteiger partial charge in [0.25, 0.3) is 5.91 Å². The Labute approximate surface area is 225 Å². The number of likely N-dealkylation sites (tertiary alicyclic amines) is 2. The van der Waals surface area contributed by atoms with Gasteiger partial charge in [-0.3, -0.25) is 14.6 Å². The first-order valence-corrected chi connectivity index (χ1v) is 13.4. The fraction of sp³-hybridized carbons (Fsp3) is 0.536. The molecule has 2 saturated heterocycles. The van der Waals surface area contributed by atoms with E-state index in [1.165, 1.54) is 18.3 Å². The largest absolute Gasteiger partial charge is 0.492 e. The molecular weight excluding hydrogens is 516 g/mol. The summed E-state index contributed by atoms with van der Waals surface area (Å²) in [5, 5.41) is 0. The lowest BCUT2D eigenvalue weighted by Crippen LogP contribution is -2.37. The van der Waals surface area contributed by atoms with Gasteiger partial charge in [0.15, 0.2) is 0 Å². The summed E-state index contributed by atoms with van der Waals surface area (Å²) in [5.74, 6) is -0.457. The minimum absolute atomic E-state index is 0.0316. The van der Waals surface area contributed by atoms with Gasteiger partial charge < -0.3 is 20.3 Å². The van der Waals surface area contributed by atoms with Crippen molar-refractivity contribution in [1.29, 1.82) is 0 Å². The van der Waals surface area contributed by atoms with Crippen molar-refractivity contribution >= 4 is 11.8 Å². The van der Waals surface area contributed by atoms with E-state index in [0.29, 0.717) is 44.1 Å². The number of hydrogen-bond donors (Lipinski definition) is 1.